The number of benzene rings is 1. The van der Waals surface area contributed by atoms with Gasteiger partial charge in [-0.1, -0.05) is 29.8 Å². The molecule has 0 spiro atoms. The Morgan fingerprint density at radius 2 is 1.90 bits per heavy atom. The number of carboxylic acids is 1. The summed E-state index contributed by atoms with van der Waals surface area (Å²) >= 11 is 0. The van der Waals surface area contributed by atoms with Gasteiger partial charge in [0.1, 0.15) is 0 Å². The molecule has 6 heteroatoms. The standard InChI is InChI=1S/C14H16F3NO2/c1-9-2-4-10(5-3-9)6-18-7-11(13(19)20)12(8-18)14(15,16)17/h2-5,11-12H,6-8H2,1H3,(H,19,20)/t11-,12-/m1/s1. The number of aryl methyl sites for hydroxylation is 1. The van der Waals surface area contributed by atoms with Crippen molar-refractivity contribution in [2.24, 2.45) is 11.8 Å². The quantitative estimate of drug-likeness (QED) is 0.929. The van der Waals surface area contributed by atoms with E-state index in [1.807, 2.05) is 31.2 Å². The van der Waals surface area contributed by atoms with Crippen molar-refractivity contribution in [1.82, 2.24) is 4.90 Å². The molecule has 1 aliphatic rings. The van der Waals surface area contributed by atoms with E-state index in [2.05, 4.69) is 0 Å². The minimum atomic E-state index is -4.47. The van der Waals surface area contributed by atoms with Crippen LogP contribution in [0.1, 0.15) is 11.1 Å². The normalized spacial score (nSPS) is 24.0. The summed E-state index contributed by atoms with van der Waals surface area (Å²) in [4.78, 5) is 12.5. The summed E-state index contributed by atoms with van der Waals surface area (Å²) < 4.78 is 38.5. The Hall–Kier alpha value is -1.56. The Kier molecular flexibility index (Phi) is 4.04. The van der Waals surface area contributed by atoms with Gasteiger partial charge < -0.3 is 5.11 Å². The van der Waals surface area contributed by atoms with Crippen molar-refractivity contribution in [3.05, 3.63) is 35.4 Å². The summed E-state index contributed by atoms with van der Waals surface area (Å²) in [5.74, 6) is -4.54. The fraction of sp³-hybridized carbons (Fsp3) is 0.500. The summed E-state index contributed by atoms with van der Waals surface area (Å²) in [6.45, 7) is 1.96. The first-order valence-corrected chi connectivity index (χ1v) is 6.35. The molecular formula is C14H16F3NO2. The van der Waals surface area contributed by atoms with Gasteiger partial charge in [0, 0.05) is 19.6 Å². The molecule has 0 aromatic heterocycles. The average molecular weight is 287 g/mol. The van der Waals surface area contributed by atoms with Crippen molar-refractivity contribution >= 4 is 5.97 Å². The zero-order valence-electron chi connectivity index (χ0n) is 11.0. The molecule has 0 saturated carbocycles. The van der Waals surface area contributed by atoms with Crippen molar-refractivity contribution < 1.29 is 23.1 Å². The first-order valence-electron chi connectivity index (χ1n) is 6.35. The predicted octanol–water partition coefficient (Wildman–Crippen LogP) is 2.69. The van der Waals surface area contributed by atoms with Crippen LogP contribution in [-0.4, -0.2) is 35.2 Å². The van der Waals surface area contributed by atoms with Crippen LogP contribution in [0.15, 0.2) is 24.3 Å². The van der Waals surface area contributed by atoms with Crippen molar-refractivity contribution in [3.8, 4) is 0 Å². The molecule has 3 nitrogen and oxygen atoms in total. The molecule has 1 aliphatic heterocycles. The molecule has 0 amide bonds. The fourth-order valence-electron chi connectivity index (χ4n) is 2.55. The first-order chi connectivity index (χ1) is 9.27. The first kappa shape index (κ1) is 14.8. The molecule has 0 bridgehead atoms. The molecule has 0 aliphatic carbocycles. The van der Waals surface area contributed by atoms with Crippen LogP contribution in [0, 0.1) is 18.8 Å². The van der Waals surface area contributed by atoms with Gasteiger partial charge in [-0.15, -0.1) is 0 Å². The van der Waals surface area contributed by atoms with Crippen LogP contribution in [0.4, 0.5) is 13.2 Å². The van der Waals surface area contributed by atoms with Gasteiger partial charge in [0.25, 0.3) is 0 Å². The molecule has 2 atom stereocenters. The van der Waals surface area contributed by atoms with Crippen LogP contribution >= 0.6 is 0 Å². The molecule has 0 radical (unpaired) electrons. The number of carboxylic acid groups (broad SMARTS) is 1. The van der Waals surface area contributed by atoms with Crippen LogP contribution in [0.25, 0.3) is 0 Å². The van der Waals surface area contributed by atoms with Crippen LogP contribution in [0.5, 0.6) is 0 Å². The molecule has 1 fully saturated rings. The number of halogens is 3. The second kappa shape index (κ2) is 5.44. The van der Waals surface area contributed by atoms with E-state index in [0.717, 1.165) is 11.1 Å². The number of nitrogens with zero attached hydrogens (tertiary/aromatic N) is 1. The molecule has 0 unspecified atom stereocenters. The molecule has 2 rings (SSSR count). The number of hydrogen-bond donors (Lipinski definition) is 1. The van der Waals surface area contributed by atoms with E-state index in [1.165, 1.54) is 0 Å². The summed E-state index contributed by atoms with van der Waals surface area (Å²) in [5.41, 5.74) is 1.97. The second-order valence-corrected chi connectivity index (χ2v) is 5.27. The minimum Gasteiger partial charge on any atom is -0.481 e. The molecule has 20 heavy (non-hydrogen) atoms. The van der Waals surface area contributed by atoms with E-state index in [9.17, 15) is 18.0 Å². The smallest absolute Gasteiger partial charge is 0.393 e. The minimum absolute atomic E-state index is 0.0621. The van der Waals surface area contributed by atoms with Crippen LogP contribution in [0.2, 0.25) is 0 Å². The van der Waals surface area contributed by atoms with Crippen molar-refractivity contribution in [2.75, 3.05) is 13.1 Å². The Labute approximate surface area is 115 Å². The Bertz CT molecular complexity index is 484. The van der Waals surface area contributed by atoms with E-state index in [0.29, 0.717) is 6.54 Å². The van der Waals surface area contributed by atoms with Gasteiger partial charge in [0.05, 0.1) is 11.8 Å². The molecule has 1 aromatic rings. The van der Waals surface area contributed by atoms with Gasteiger partial charge in [-0.3, -0.25) is 9.69 Å². The number of hydrogen-bond acceptors (Lipinski definition) is 2. The van der Waals surface area contributed by atoms with E-state index in [1.54, 1.807) is 4.90 Å². The maximum atomic E-state index is 12.8. The highest BCUT2D eigenvalue weighted by molar-refractivity contribution is 5.71. The average Bonchev–Trinajstić information content (AvgIpc) is 2.76. The summed E-state index contributed by atoms with van der Waals surface area (Å²) in [6, 6.07) is 7.49. The van der Waals surface area contributed by atoms with E-state index < -0.39 is 24.0 Å². The number of carbonyl (C=O) groups is 1. The van der Waals surface area contributed by atoms with Gasteiger partial charge in [-0.05, 0) is 12.5 Å². The topological polar surface area (TPSA) is 40.5 Å². The number of likely N-dealkylation sites (tertiary alicyclic amines) is 1. The molecule has 110 valence electrons. The zero-order valence-corrected chi connectivity index (χ0v) is 11.0. The van der Waals surface area contributed by atoms with Crippen molar-refractivity contribution in [3.63, 3.8) is 0 Å². The second-order valence-electron chi connectivity index (χ2n) is 5.27. The Balaban J connectivity index is 2.08. The van der Waals surface area contributed by atoms with Gasteiger partial charge in [-0.2, -0.15) is 13.2 Å². The third-order valence-corrected chi connectivity index (χ3v) is 3.66. The largest absolute Gasteiger partial charge is 0.481 e. The maximum absolute atomic E-state index is 12.8. The number of rotatable bonds is 3. The predicted molar refractivity (Wildman–Crippen MR) is 67.1 cm³/mol. The summed E-state index contributed by atoms with van der Waals surface area (Å²) in [7, 11) is 0. The molecule has 1 heterocycles. The Morgan fingerprint density at radius 3 is 2.35 bits per heavy atom. The monoisotopic (exact) mass is 287 g/mol. The lowest BCUT2D eigenvalue weighted by atomic mass is 9.96. The van der Waals surface area contributed by atoms with Gasteiger partial charge >= 0.3 is 12.1 Å². The highest BCUT2D eigenvalue weighted by atomic mass is 19.4. The highest BCUT2D eigenvalue weighted by Gasteiger charge is 2.52. The van der Waals surface area contributed by atoms with Crippen LogP contribution in [0.3, 0.4) is 0 Å². The van der Waals surface area contributed by atoms with E-state index >= 15 is 0 Å². The molecule has 1 saturated heterocycles. The summed E-state index contributed by atoms with van der Waals surface area (Å²) in [5, 5.41) is 8.94. The third-order valence-electron chi connectivity index (χ3n) is 3.66. The van der Waals surface area contributed by atoms with Crippen LogP contribution < -0.4 is 0 Å². The molecule has 1 N–H and O–H groups in total. The van der Waals surface area contributed by atoms with Crippen molar-refractivity contribution in [1.29, 1.82) is 0 Å². The Morgan fingerprint density at radius 1 is 1.30 bits per heavy atom. The highest BCUT2D eigenvalue weighted by Crippen LogP contribution is 2.38. The van der Waals surface area contributed by atoms with Gasteiger partial charge in [-0.25, -0.2) is 0 Å². The maximum Gasteiger partial charge on any atom is 0.393 e. The van der Waals surface area contributed by atoms with E-state index in [-0.39, 0.29) is 13.1 Å². The number of aliphatic carboxylic acids is 1. The van der Waals surface area contributed by atoms with Crippen molar-refractivity contribution in [2.45, 2.75) is 19.6 Å². The summed E-state index contributed by atoms with van der Waals surface area (Å²) in [6.07, 6.45) is -4.47. The SMILES string of the molecule is Cc1ccc(CN2C[C@@H](C(F)(F)F)[C@H](C(=O)O)C2)cc1. The lowest BCUT2D eigenvalue weighted by Gasteiger charge is -2.18. The van der Waals surface area contributed by atoms with Crippen LogP contribution in [-0.2, 0) is 11.3 Å². The lowest BCUT2D eigenvalue weighted by molar-refractivity contribution is -0.188. The zero-order chi connectivity index (χ0) is 14.9. The lowest BCUT2D eigenvalue weighted by Crippen LogP contribution is -2.33. The van der Waals surface area contributed by atoms with Gasteiger partial charge in [0.2, 0.25) is 0 Å². The number of alkyl halides is 3. The third kappa shape index (κ3) is 3.30. The van der Waals surface area contributed by atoms with Gasteiger partial charge in [0.15, 0.2) is 0 Å². The van der Waals surface area contributed by atoms with E-state index in [4.69, 9.17) is 5.11 Å². The molecular weight excluding hydrogens is 271 g/mol. The molecule has 1 aromatic carbocycles. The fourth-order valence-corrected chi connectivity index (χ4v) is 2.55.